The fourth-order valence-corrected chi connectivity index (χ4v) is 2.14. The van der Waals surface area contributed by atoms with E-state index in [9.17, 15) is 0 Å². The second-order valence-corrected chi connectivity index (χ2v) is 5.01. The molecule has 1 aromatic carbocycles. The van der Waals surface area contributed by atoms with E-state index in [-0.39, 0.29) is 6.10 Å². The van der Waals surface area contributed by atoms with Gasteiger partial charge < -0.3 is 15.4 Å². The van der Waals surface area contributed by atoms with Gasteiger partial charge in [0.2, 0.25) is 0 Å². The predicted octanol–water partition coefficient (Wildman–Crippen LogP) is 2.43. The summed E-state index contributed by atoms with van der Waals surface area (Å²) >= 11 is 0. The van der Waals surface area contributed by atoms with Gasteiger partial charge in [-0.3, -0.25) is 0 Å². The fourth-order valence-electron chi connectivity index (χ4n) is 2.14. The second-order valence-electron chi connectivity index (χ2n) is 5.01. The Kier molecular flexibility index (Phi) is 7.72. The minimum absolute atomic E-state index is 0.190. The van der Waals surface area contributed by atoms with Gasteiger partial charge in [-0.1, -0.05) is 31.2 Å². The molecule has 0 aliphatic rings. The zero-order valence-corrected chi connectivity index (χ0v) is 12.6. The number of nitrogens with zero attached hydrogens (tertiary/aromatic N) is 1. The van der Waals surface area contributed by atoms with Crippen molar-refractivity contribution in [2.45, 2.75) is 39.3 Å². The summed E-state index contributed by atoms with van der Waals surface area (Å²) in [6.07, 6.45) is 2.28. The van der Waals surface area contributed by atoms with Crippen LogP contribution in [-0.4, -0.2) is 37.7 Å². The standard InChI is InChI=1S/C16H28N2O/c1-4-14-6-8-15(9-7-14)13-18(3)11-10-16(12-17)19-5-2/h6-9,16H,4-5,10-13,17H2,1-3H3. The summed E-state index contributed by atoms with van der Waals surface area (Å²) in [5.74, 6) is 0. The van der Waals surface area contributed by atoms with Gasteiger partial charge in [0.05, 0.1) is 6.10 Å². The molecule has 0 aliphatic carbocycles. The first-order chi connectivity index (χ1) is 9.19. The first-order valence-corrected chi connectivity index (χ1v) is 7.27. The molecule has 0 fully saturated rings. The lowest BCUT2D eigenvalue weighted by atomic mass is 10.1. The van der Waals surface area contributed by atoms with E-state index in [1.165, 1.54) is 11.1 Å². The van der Waals surface area contributed by atoms with Crippen molar-refractivity contribution in [1.29, 1.82) is 0 Å². The van der Waals surface area contributed by atoms with Crippen molar-refractivity contribution in [3.63, 3.8) is 0 Å². The van der Waals surface area contributed by atoms with Gasteiger partial charge in [-0.15, -0.1) is 0 Å². The molecule has 0 saturated heterocycles. The first-order valence-electron chi connectivity index (χ1n) is 7.27. The molecule has 0 spiro atoms. The number of hydrogen-bond donors (Lipinski definition) is 1. The Morgan fingerprint density at radius 1 is 1.16 bits per heavy atom. The van der Waals surface area contributed by atoms with Crippen LogP contribution in [0.25, 0.3) is 0 Å². The molecule has 3 heteroatoms. The predicted molar refractivity (Wildman–Crippen MR) is 81.2 cm³/mol. The van der Waals surface area contributed by atoms with E-state index in [0.29, 0.717) is 6.54 Å². The molecule has 0 aliphatic heterocycles. The fraction of sp³-hybridized carbons (Fsp3) is 0.625. The Bertz CT molecular complexity index is 337. The molecule has 0 saturated carbocycles. The average Bonchev–Trinajstić information content (AvgIpc) is 2.44. The van der Waals surface area contributed by atoms with E-state index in [2.05, 4.69) is 43.1 Å². The molecule has 1 rings (SSSR count). The summed E-state index contributed by atoms with van der Waals surface area (Å²) in [6.45, 7) is 7.53. The monoisotopic (exact) mass is 264 g/mol. The lowest BCUT2D eigenvalue weighted by molar-refractivity contribution is 0.0559. The van der Waals surface area contributed by atoms with Crippen LogP contribution in [0.5, 0.6) is 0 Å². The molecule has 0 amide bonds. The summed E-state index contributed by atoms with van der Waals surface area (Å²) in [5.41, 5.74) is 8.44. The highest BCUT2D eigenvalue weighted by Gasteiger charge is 2.08. The van der Waals surface area contributed by atoms with Gasteiger partial charge >= 0.3 is 0 Å². The molecule has 1 atom stereocenters. The summed E-state index contributed by atoms with van der Waals surface area (Å²) in [7, 11) is 2.15. The van der Waals surface area contributed by atoms with Crippen molar-refractivity contribution in [3.8, 4) is 0 Å². The lowest BCUT2D eigenvalue weighted by Crippen LogP contribution is -2.29. The molecule has 1 unspecified atom stereocenters. The Balaban J connectivity index is 2.35. The largest absolute Gasteiger partial charge is 0.377 e. The van der Waals surface area contributed by atoms with Gasteiger partial charge in [-0.25, -0.2) is 0 Å². The number of benzene rings is 1. The van der Waals surface area contributed by atoms with Crippen molar-refractivity contribution in [3.05, 3.63) is 35.4 Å². The van der Waals surface area contributed by atoms with Crippen LogP contribution in [0.3, 0.4) is 0 Å². The first kappa shape index (κ1) is 16.2. The summed E-state index contributed by atoms with van der Waals surface area (Å²) < 4.78 is 5.57. The van der Waals surface area contributed by atoms with Crippen LogP contribution in [0.2, 0.25) is 0 Å². The Hall–Kier alpha value is -0.900. The number of hydrogen-bond acceptors (Lipinski definition) is 3. The van der Waals surface area contributed by atoms with E-state index in [1.807, 2.05) is 6.92 Å². The zero-order valence-electron chi connectivity index (χ0n) is 12.6. The topological polar surface area (TPSA) is 38.5 Å². The molecule has 3 nitrogen and oxygen atoms in total. The lowest BCUT2D eigenvalue weighted by Gasteiger charge is -2.21. The summed E-state index contributed by atoms with van der Waals surface area (Å²) in [4.78, 5) is 2.32. The third-order valence-corrected chi connectivity index (χ3v) is 3.38. The van der Waals surface area contributed by atoms with E-state index >= 15 is 0 Å². The van der Waals surface area contributed by atoms with Crippen LogP contribution < -0.4 is 5.73 Å². The summed E-state index contributed by atoms with van der Waals surface area (Å²) in [6, 6.07) is 8.87. The van der Waals surface area contributed by atoms with E-state index in [4.69, 9.17) is 10.5 Å². The van der Waals surface area contributed by atoms with Crippen molar-refractivity contribution < 1.29 is 4.74 Å². The maximum atomic E-state index is 5.69. The average molecular weight is 264 g/mol. The second kappa shape index (κ2) is 9.08. The highest BCUT2D eigenvalue weighted by atomic mass is 16.5. The van der Waals surface area contributed by atoms with Crippen LogP contribution in [0.1, 0.15) is 31.4 Å². The third kappa shape index (κ3) is 6.19. The molecular formula is C16H28N2O. The normalized spacial score (nSPS) is 12.9. The molecule has 0 aromatic heterocycles. The SMILES string of the molecule is CCOC(CN)CCN(C)Cc1ccc(CC)cc1. The molecule has 2 N–H and O–H groups in total. The van der Waals surface area contributed by atoms with Crippen LogP contribution in [-0.2, 0) is 17.7 Å². The maximum absolute atomic E-state index is 5.69. The van der Waals surface area contributed by atoms with Crippen LogP contribution in [0.15, 0.2) is 24.3 Å². The molecule has 108 valence electrons. The van der Waals surface area contributed by atoms with E-state index < -0.39 is 0 Å². The zero-order chi connectivity index (χ0) is 14.1. The van der Waals surface area contributed by atoms with Gasteiger partial charge in [0.15, 0.2) is 0 Å². The molecule has 19 heavy (non-hydrogen) atoms. The van der Waals surface area contributed by atoms with Gasteiger partial charge in [0, 0.05) is 26.2 Å². The Morgan fingerprint density at radius 2 is 1.79 bits per heavy atom. The van der Waals surface area contributed by atoms with Crippen molar-refractivity contribution in [2.75, 3.05) is 26.7 Å². The van der Waals surface area contributed by atoms with Gasteiger partial charge in [-0.05, 0) is 37.9 Å². The van der Waals surface area contributed by atoms with Crippen LogP contribution in [0.4, 0.5) is 0 Å². The molecule has 0 radical (unpaired) electrons. The van der Waals surface area contributed by atoms with E-state index in [1.54, 1.807) is 0 Å². The van der Waals surface area contributed by atoms with Crippen LogP contribution in [0, 0.1) is 0 Å². The number of ether oxygens (including phenoxy) is 1. The highest BCUT2D eigenvalue weighted by molar-refractivity contribution is 5.22. The smallest absolute Gasteiger partial charge is 0.0709 e. The quantitative estimate of drug-likeness (QED) is 0.744. The molecule has 1 aromatic rings. The minimum atomic E-state index is 0.190. The molecule has 0 heterocycles. The number of nitrogens with two attached hydrogens (primary N) is 1. The highest BCUT2D eigenvalue weighted by Crippen LogP contribution is 2.08. The molecular weight excluding hydrogens is 236 g/mol. The van der Waals surface area contributed by atoms with Gasteiger partial charge in [-0.2, -0.15) is 0 Å². The number of aryl methyl sites for hydroxylation is 1. The Morgan fingerprint density at radius 3 is 2.32 bits per heavy atom. The van der Waals surface area contributed by atoms with E-state index in [0.717, 1.165) is 32.5 Å². The van der Waals surface area contributed by atoms with Gasteiger partial charge in [0.1, 0.15) is 0 Å². The van der Waals surface area contributed by atoms with Crippen molar-refractivity contribution in [1.82, 2.24) is 4.90 Å². The summed E-state index contributed by atoms with van der Waals surface area (Å²) in [5, 5.41) is 0. The van der Waals surface area contributed by atoms with Gasteiger partial charge in [0.25, 0.3) is 0 Å². The van der Waals surface area contributed by atoms with Crippen LogP contribution >= 0.6 is 0 Å². The minimum Gasteiger partial charge on any atom is -0.377 e. The number of rotatable bonds is 9. The third-order valence-electron chi connectivity index (χ3n) is 3.38. The Labute approximate surface area is 117 Å². The molecule has 0 bridgehead atoms. The maximum Gasteiger partial charge on any atom is 0.0709 e. The van der Waals surface area contributed by atoms with Crippen molar-refractivity contribution >= 4 is 0 Å². The van der Waals surface area contributed by atoms with Crippen molar-refractivity contribution in [2.24, 2.45) is 5.73 Å².